The molecule has 0 aliphatic rings. The van der Waals surface area contributed by atoms with Crippen molar-refractivity contribution >= 4 is 42.4 Å². The van der Waals surface area contributed by atoms with Crippen molar-refractivity contribution in [2.45, 2.75) is 20.6 Å². The van der Waals surface area contributed by atoms with Crippen molar-refractivity contribution in [3.8, 4) is 11.3 Å². The lowest BCUT2D eigenvalue weighted by Gasteiger charge is -2.08. The van der Waals surface area contributed by atoms with Crippen LogP contribution >= 0.6 is 11.3 Å². The Labute approximate surface area is 171 Å². The van der Waals surface area contributed by atoms with Gasteiger partial charge in [0.25, 0.3) is 0 Å². The van der Waals surface area contributed by atoms with Crippen LogP contribution in [0.2, 0.25) is 0 Å². The van der Waals surface area contributed by atoms with Crippen molar-refractivity contribution in [2.24, 2.45) is 7.05 Å². The van der Waals surface area contributed by atoms with E-state index in [1.807, 2.05) is 48.9 Å². The summed E-state index contributed by atoms with van der Waals surface area (Å²) in [5, 5.41) is 2.66. The lowest BCUT2D eigenvalue weighted by atomic mass is 10.00. The van der Waals surface area contributed by atoms with E-state index in [0.717, 1.165) is 37.0 Å². The normalized spacial score (nSPS) is 15.9. The second-order valence-electron chi connectivity index (χ2n) is 6.86. The van der Waals surface area contributed by atoms with Gasteiger partial charge in [0.05, 0.1) is 15.8 Å². The topological polar surface area (TPSA) is 16.8 Å². The van der Waals surface area contributed by atoms with Gasteiger partial charge in [-0.1, -0.05) is 42.0 Å². The maximum atomic E-state index is 8.18. The Hall–Kier alpha value is -2.78. The number of aryl methyl sites for hydroxylation is 4. The van der Waals surface area contributed by atoms with Gasteiger partial charge in [0.15, 0.2) is 6.20 Å². The highest BCUT2D eigenvalue weighted by molar-refractivity contribution is 7.27. The molecule has 5 aromatic rings. The van der Waals surface area contributed by atoms with Crippen LogP contribution in [-0.2, 0) is 7.05 Å². The fourth-order valence-corrected chi connectivity index (χ4v) is 5.23. The molecule has 0 unspecified atom stereocenters. The Morgan fingerprint density at radius 1 is 1.04 bits per heavy atom. The number of fused-ring (bicyclic) bond motifs is 5. The van der Waals surface area contributed by atoms with Crippen molar-refractivity contribution in [3.05, 3.63) is 71.5 Å². The van der Waals surface area contributed by atoms with Crippen molar-refractivity contribution < 1.29 is 12.8 Å². The SMILES string of the molecule is [2H]C([2H])([2H])c1ccc(-c2c3sc4c5ccccc5cnc4c3c(C([2H])([2H])[2H])c[n+]2C)c(C)c1. The lowest BCUT2D eigenvalue weighted by molar-refractivity contribution is -0.659. The van der Waals surface area contributed by atoms with E-state index in [9.17, 15) is 0 Å². The number of hydrogen-bond donors (Lipinski definition) is 0. The molecule has 2 aromatic carbocycles. The summed E-state index contributed by atoms with van der Waals surface area (Å²) in [4.78, 5) is 4.68. The van der Waals surface area contributed by atoms with E-state index >= 15 is 0 Å². The van der Waals surface area contributed by atoms with E-state index in [0.29, 0.717) is 10.9 Å². The Balaban J connectivity index is 1.93. The number of nitrogens with zero attached hydrogens (tertiary/aromatic N) is 2. The van der Waals surface area contributed by atoms with Gasteiger partial charge in [-0.3, -0.25) is 4.98 Å². The van der Waals surface area contributed by atoms with Gasteiger partial charge in [-0.2, -0.15) is 4.57 Å². The summed E-state index contributed by atoms with van der Waals surface area (Å²) in [6.07, 6.45) is 3.45. The van der Waals surface area contributed by atoms with Crippen LogP contribution in [0.5, 0.6) is 0 Å². The van der Waals surface area contributed by atoms with E-state index in [4.69, 9.17) is 8.22 Å². The van der Waals surface area contributed by atoms with Crippen molar-refractivity contribution in [2.75, 3.05) is 0 Å². The van der Waals surface area contributed by atoms with Gasteiger partial charge in [-0.15, -0.1) is 11.3 Å². The summed E-state index contributed by atoms with van der Waals surface area (Å²) in [6, 6.07) is 13.1. The van der Waals surface area contributed by atoms with E-state index in [1.54, 1.807) is 24.5 Å². The maximum Gasteiger partial charge on any atom is 0.230 e. The molecular formula is C24H21N2S+. The summed E-state index contributed by atoms with van der Waals surface area (Å²) in [7, 11) is 1.83. The smallest absolute Gasteiger partial charge is 0.230 e. The first-order valence-electron chi connectivity index (χ1n) is 11.7. The van der Waals surface area contributed by atoms with Crippen LogP contribution in [0.25, 0.3) is 42.3 Å². The van der Waals surface area contributed by atoms with Crippen molar-refractivity contribution in [1.82, 2.24) is 4.98 Å². The van der Waals surface area contributed by atoms with Crippen LogP contribution in [0, 0.1) is 20.6 Å². The number of thiophene rings is 1. The minimum Gasteiger partial charge on any atom is -0.254 e. The summed E-state index contributed by atoms with van der Waals surface area (Å²) < 4.78 is 51.3. The molecule has 0 radical (unpaired) electrons. The number of pyridine rings is 2. The largest absolute Gasteiger partial charge is 0.254 e. The predicted octanol–water partition coefficient (Wildman–Crippen LogP) is 6.02. The Kier molecular flexibility index (Phi) is 2.42. The zero-order valence-corrected chi connectivity index (χ0v) is 15.8. The molecule has 0 saturated carbocycles. The van der Waals surface area contributed by atoms with Gasteiger partial charge in [0, 0.05) is 36.1 Å². The molecule has 0 amide bonds. The molecule has 3 aromatic heterocycles. The van der Waals surface area contributed by atoms with Gasteiger partial charge in [-0.25, -0.2) is 0 Å². The minimum atomic E-state index is -2.31. The number of hydrogen-bond acceptors (Lipinski definition) is 2. The van der Waals surface area contributed by atoms with Gasteiger partial charge in [0.2, 0.25) is 5.69 Å². The molecule has 0 fully saturated rings. The molecule has 3 heteroatoms. The van der Waals surface area contributed by atoms with Crippen molar-refractivity contribution in [1.29, 1.82) is 0 Å². The van der Waals surface area contributed by atoms with Crippen LogP contribution in [0.15, 0.2) is 54.9 Å². The van der Waals surface area contributed by atoms with E-state index in [1.165, 1.54) is 11.3 Å². The average molecular weight is 376 g/mol. The fourth-order valence-electron chi connectivity index (χ4n) is 3.82. The van der Waals surface area contributed by atoms with Crippen LogP contribution in [0.3, 0.4) is 0 Å². The molecule has 0 bridgehead atoms. The third-order valence-corrected chi connectivity index (χ3v) is 6.28. The van der Waals surface area contributed by atoms with Gasteiger partial charge in [-0.05, 0) is 32.3 Å². The second kappa shape index (κ2) is 5.86. The van der Waals surface area contributed by atoms with Crippen LogP contribution in [0.1, 0.15) is 24.9 Å². The minimum absolute atomic E-state index is 0.259. The van der Waals surface area contributed by atoms with E-state index in [2.05, 4.69) is 4.98 Å². The third kappa shape index (κ3) is 2.38. The van der Waals surface area contributed by atoms with Crippen LogP contribution < -0.4 is 4.57 Å². The Morgan fingerprint density at radius 3 is 2.74 bits per heavy atom. The quantitative estimate of drug-likeness (QED) is 0.327. The highest BCUT2D eigenvalue weighted by Gasteiger charge is 2.23. The summed E-state index contributed by atoms with van der Waals surface area (Å²) in [5.74, 6) is 0. The molecule has 0 N–H and O–H groups in total. The molecule has 2 nitrogen and oxygen atoms in total. The molecule has 0 spiro atoms. The van der Waals surface area contributed by atoms with Gasteiger partial charge in [0.1, 0.15) is 11.7 Å². The zero-order chi connectivity index (χ0) is 23.7. The molecular weight excluding hydrogens is 348 g/mol. The lowest BCUT2D eigenvalue weighted by Crippen LogP contribution is -2.31. The average Bonchev–Trinajstić information content (AvgIpc) is 3.12. The highest BCUT2D eigenvalue weighted by atomic mass is 32.1. The molecule has 5 rings (SSSR count). The third-order valence-electron chi connectivity index (χ3n) is 5.06. The number of benzene rings is 2. The molecule has 3 heterocycles. The number of rotatable bonds is 1. The predicted molar refractivity (Wildman–Crippen MR) is 115 cm³/mol. The van der Waals surface area contributed by atoms with Crippen LogP contribution in [0.4, 0.5) is 0 Å². The standard InChI is InChI=1S/C24H21N2S/c1-14-9-10-18(15(2)11-14)22-24-20(16(3)13-26(22)4)21-23(27-24)19-8-6-5-7-17(19)12-25-21/h5-13H,1-4H3/q+1/i1D3,3D3. The Bertz CT molecular complexity index is 1560. The molecule has 0 atom stereocenters. The van der Waals surface area contributed by atoms with Gasteiger partial charge >= 0.3 is 0 Å². The fraction of sp³-hybridized carbons (Fsp3) is 0.167. The summed E-state index contributed by atoms with van der Waals surface area (Å²) >= 11 is 1.53. The number of aromatic nitrogens is 2. The summed E-state index contributed by atoms with van der Waals surface area (Å²) in [6.45, 7) is -2.61. The first-order chi connectivity index (χ1) is 15.5. The monoisotopic (exact) mass is 375 g/mol. The Morgan fingerprint density at radius 2 is 1.93 bits per heavy atom. The van der Waals surface area contributed by atoms with Crippen molar-refractivity contribution in [3.63, 3.8) is 0 Å². The van der Waals surface area contributed by atoms with Crippen LogP contribution in [-0.4, -0.2) is 4.98 Å². The molecule has 0 aliphatic carbocycles. The first kappa shape index (κ1) is 11.2. The maximum absolute atomic E-state index is 8.18. The molecule has 27 heavy (non-hydrogen) atoms. The van der Waals surface area contributed by atoms with Gasteiger partial charge < -0.3 is 0 Å². The molecule has 0 aliphatic heterocycles. The van der Waals surface area contributed by atoms with E-state index < -0.39 is 13.7 Å². The highest BCUT2D eigenvalue weighted by Crippen LogP contribution is 2.42. The molecule has 132 valence electrons. The first-order valence-corrected chi connectivity index (χ1v) is 9.53. The molecule has 0 saturated heterocycles. The van der Waals surface area contributed by atoms with E-state index in [-0.39, 0.29) is 11.1 Å². The second-order valence-corrected chi connectivity index (χ2v) is 7.88. The summed E-state index contributed by atoms with van der Waals surface area (Å²) in [5.41, 5.74) is 3.75. The zero-order valence-electron chi connectivity index (χ0n) is 21.0.